The summed E-state index contributed by atoms with van der Waals surface area (Å²) < 4.78 is 23.2. The number of fused-ring (bicyclic) bond motifs is 1. The second-order valence-corrected chi connectivity index (χ2v) is 6.53. The summed E-state index contributed by atoms with van der Waals surface area (Å²) in [6, 6.07) is 15.1. The summed E-state index contributed by atoms with van der Waals surface area (Å²) in [5, 5.41) is 0.545. The van der Waals surface area contributed by atoms with Gasteiger partial charge in [0.05, 0.1) is 10.8 Å². The maximum atomic E-state index is 12.6. The molecule has 0 aromatic heterocycles. The Balaban J connectivity index is 1.91. The zero-order valence-electron chi connectivity index (χ0n) is 11.1. The van der Waals surface area contributed by atoms with Crippen molar-refractivity contribution >= 4 is 32.8 Å². The van der Waals surface area contributed by atoms with Crippen LogP contribution in [-0.2, 0) is 10.8 Å². The van der Waals surface area contributed by atoms with Gasteiger partial charge in [0.15, 0.2) is 11.5 Å². The number of rotatable bonds is 4. The van der Waals surface area contributed by atoms with E-state index in [2.05, 4.69) is 15.9 Å². The number of ether oxygens (including phenoxy) is 2. The van der Waals surface area contributed by atoms with E-state index in [0.29, 0.717) is 5.33 Å². The van der Waals surface area contributed by atoms with Crippen molar-refractivity contribution in [1.82, 2.24) is 0 Å². The Kier molecular flexibility index (Phi) is 4.41. The van der Waals surface area contributed by atoms with Crippen LogP contribution in [0.5, 0.6) is 11.5 Å². The first-order chi connectivity index (χ1) is 10.3. The Hall–Kier alpha value is -1.59. The highest BCUT2D eigenvalue weighted by molar-refractivity contribution is 9.09. The Morgan fingerprint density at radius 1 is 1.14 bits per heavy atom. The average molecular weight is 365 g/mol. The largest absolute Gasteiger partial charge is 0.454 e. The Morgan fingerprint density at radius 2 is 1.90 bits per heavy atom. The third-order valence-electron chi connectivity index (χ3n) is 3.05. The van der Waals surface area contributed by atoms with Gasteiger partial charge in [0.25, 0.3) is 0 Å². The third-order valence-corrected chi connectivity index (χ3v) is 5.47. The molecule has 0 aliphatic carbocycles. The molecule has 0 saturated heterocycles. The van der Waals surface area contributed by atoms with Crippen molar-refractivity contribution in [3.8, 4) is 11.5 Å². The Morgan fingerprint density at radius 3 is 2.67 bits per heavy atom. The summed E-state index contributed by atoms with van der Waals surface area (Å²) in [4.78, 5) is 1.60. The second kappa shape index (κ2) is 6.45. The monoisotopic (exact) mass is 364 g/mol. The van der Waals surface area contributed by atoms with Crippen LogP contribution in [0.3, 0.4) is 0 Å². The zero-order valence-corrected chi connectivity index (χ0v) is 13.5. The molecule has 108 valence electrons. The lowest BCUT2D eigenvalue weighted by molar-refractivity contribution is 0.174. The maximum Gasteiger partial charge on any atom is 0.231 e. The molecule has 1 atom stereocenters. The van der Waals surface area contributed by atoms with Crippen molar-refractivity contribution in [3.63, 3.8) is 0 Å². The maximum absolute atomic E-state index is 12.6. The topological polar surface area (TPSA) is 35.5 Å². The normalized spacial score (nSPS) is 15.0. The lowest BCUT2D eigenvalue weighted by Gasteiger charge is -2.05. The minimum absolute atomic E-state index is 0.254. The van der Waals surface area contributed by atoms with Crippen LogP contribution in [-0.4, -0.2) is 16.3 Å². The number of halogens is 1. The van der Waals surface area contributed by atoms with Gasteiger partial charge in [-0.3, -0.25) is 0 Å². The van der Waals surface area contributed by atoms with Gasteiger partial charge in [-0.2, -0.15) is 0 Å². The summed E-state index contributed by atoms with van der Waals surface area (Å²) in [5.41, 5.74) is 0.943. The fourth-order valence-electron chi connectivity index (χ4n) is 2.03. The minimum Gasteiger partial charge on any atom is -0.454 e. The summed E-state index contributed by atoms with van der Waals surface area (Å²) in [6.45, 7) is 0.254. The van der Waals surface area contributed by atoms with Gasteiger partial charge in [-0.15, -0.1) is 0 Å². The van der Waals surface area contributed by atoms with Crippen LogP contribution in [0.2, 0.25) is 0 Å². The highest BCUT2D eigenvalue weighted by atomic mass is 79.9. The van der Waals surface area contributed by atoms with Crippen LogP contribution in [0.15, 0.2) is 58.3 Å². The van der Waals surface area contributed by atoms with Gasteiger partial charge in [0, 0.05) is 15.1 Å². The molecule has 1 aliphatic rings. The Labute approximate surface area is 134 Å². The molecule has 0 saturated carbocycles. The summed E-state index contributed by atoms with van der Waals surface area (Å²) in [7, 11) is -1.18. The van der Waals surface area contributed by atoms with Crippen molar-refractivity contribution in [1.29, 1.82) is 0 Å². The van der Waals surface area contributed by atoms with E-state index in [1.54, 1.807) is 0 Å². The molecule has 1 aliphatic heterocycles. The Bertz CT molecular complexity index is 698. The minimum atomic E-state index is -1.18. The van der Waals surface area contributed by atoms with Gasteiger partial charge < -0.3 is 9.47 Å². The van der Waals surface area contributed by atoms with E-state index >= 15 is 0 Å². The molecule has 0 fully saturated rings. The summed E-state index contributed by atoms with van der Waals surface area (Å²) in [6.07, 6.45) is 1.92. The molecule has 2 aromatic carbocycles. The molecule has 0 spiro atoms. The van der Waals surface area contributed by atoms with Crippen LogP contribution in [0.4, 0.5) is 0 Å². The lowest BCUT2D eigenvalue weighted by atomic mass is 10.2. The third kappa shape index (κ3) is 3.19. The first-order valence-corrected chi connectivity index (χ1v) is 8.68. The highest BCUT2D eigenvalue weighted by Gasteiger charge is 2.14. The molecule has 0 amide bonds. The standard InChI is InChI=1S/C16H13BrO3S/c17-10-14(21(18)13-4-2-1-3-5-13)8-12-6-7-15-16(9-12)20-11-19-15/h1-9H,10-11H2/b14-8+. The van der Waals surface area contributed by atoms with Crippen LogP contribution < -0.4 is 9.47 Å². The molecular weight excluding hydrogens is 352 g/mol. The van der Waals surface area contributed by atoms with Gasteiger partial charge in [0.2, 0.25) is 6.79 Å². The van der Waals surface area contributed by atoms with Crippen molar-refractivity contribution < 1.29 is 13.7 Å². The average Bonchev–Trinajstić information content (AvgIpc) is 3.00. The fraction of sp³-hybridized carbons (Fsp3) is 0.125. The molecule has 0 bridgehead atoms. The number of alkyl halides is 1. The molecular formula is C16H13BrO3S. The molecule has 2 aromatic rings. The van der Waals surface area contributed by atoms with Crippen LogP contribution in [0.25, 0.3) is 6.08 Å². The number of hydrogen-bond acceptors (Lipinski definition) is 3. The molecule has 1 unspecified atom stereocenters. The number of benzene rings is 2. The van der Waals surface area contributed by atoms with Crippen LogP contribution in [0.1, 0.15) is 5.56 Å². The summed E-state index contributed by atoms with van der Waals surface area (Å²) >= 11 is 3.42. The highest BCUT2D eigenvalue weighted by Crippen LogP contribution is 2.33. The van der Waals surface area contributed by atoms with Crippen molar-refractivity contribution in [2.75, 3.05) is 12.1 Å². The second-order valence-electron chi connectivity index (χ2n) is 4.44. The lowest BCUT2D eigenvalue weighted by Crippen LogP contribution is -1.97. The van der Waals surface area contributed by atoms with E-state index in [1.807, 2.05) is 54.6 Å². The van der Waals surface area contributed by atoms with E-state index in [4.69, 9.17) is 9.47 Å². The molecule has 21 heavy (non-hydrogen) atoms. The smallest absolute Gasteiger partial charge is 0.231 e. The van der Waals surface area contributed by atoms with E-state index in [-0.39, 0.29) is 6.79 Å². The van der Waals surface area contributed by atoms with Crippen LogP contribution in [0, 0.1) is 0 Å². The molecule has 3 nitrogen and oxygen atoms in total. The first-order valence-electron chi connectivity index (χ1n) is 6.41. The number of hydrogen-bond donors (Lipinski definition) is 0. The van der Waals surface area contributed by atoms with Crippen molar-refractivity contribution in [2.45, 2.75) is 4.90 Å². The quantitative estimate of drug-likeness (QED) is 0.770. The van der Waals surface area contributed by atoms with Crippen LogP contribution >= 0.6 is 15.9 Å². The molecule has 3 rings (SSSR count). The van der Waals surface area contributed by atoms with Gasteiger partial charge in [-0.25, -0.2) is 4.21 Å². The van der Waals surface area contributed by atoms with E-state index in [1.165, 1.54) is 0 Å². The molecule has 0 N–H and O–H groups in total. The molecule has 5 heteroatoms. The van der Waals surface area contributed by atoms with Gasteiger partial charge in [-0.05, 0) is 35.9 Å². The van der Waals surface area contributed by atoms with Crippen molar-refractivity contribution in [3.05, 3.63) is 59.0 Å². The molecule has 1 heterocycles. The summed E-state index contributed by atoms with van der Waals surface area (Å²) in [5.74, 6) is 1.47. The predicted molar refractivity (Wildman–Crippen MR) is 87.2 cm³/mol. The zero-order chi connectivity index (χ0) is 14.7. The first kappa shape index (κ1) is 14.4. The molecule has 0 radical (unpaired) electrons. The number of allylic oxidation sites excluding steroid dienone is 1. The van der Waals surface area contributed by atoms with E-state index in [0.717, 1.165) is 26.9 Å². The van der Waals surface area contributed by atoms with Gasteiger partial charge in [-0.1, -0.05) is 40.2 Å². The van der Waals surface area contributed by atoms with Gasteiger partial charge in [0.1, 0.15) is 0 Å². The van der Waals surface area contributed by atoms with E-state index < -0.39 is 10.8 Å². The fourth-order valence-corrected chi connectivity index (χ4v) is 3.86. The van der Waals surface area contributed by atoms with E-state index in [9.17, 15) is 4.21 Å². The SMILES string of the molecule is O=S(/C(=C/c1ccc2c(c1)OCO2)CBr)c1ccccc1. The van der Waals surface area contributed by atoms with Gasteiger partial charge >= 0.3 is 0 Å². The van der Waals surface area contributed by atoms with Crippen molar-refractivity contribution in [2.24, 2.45) is 0 Å². The predicted octanol–water partition coefficient (Wildman–Crippen LogP) is 3.96.